The van der Waals surface area contributed by atoms with Crippen LogP contribution < -0.4 is 19.8 Å². The number of nitrogens with zero attached hydrogens (tertiary/aromatic N) is 2. The first-order chi connectivity index (χ1) is 19.2. The number of rotatable bonds is 11. The number of hydrogen-bond donors (Lipinski definition) is 2. The van der Waals surface area contributed by atoms with Crippen LogP contribution in [0.3, 0.4) is 0 Å². The van der Waals surface area contributed by atoms with E-state index in [2.05, 4.69) is 15.8 Å². The molecule has 0 aliphatic carbocycles. The molecular formula is C27H26ClF3N4O5S. The van der Waals surface area contributed by atoms with E-state index in [0.717, 1.165) is 24.0 Å². The van der Waals surface area contributed by atoms with Crippen LogP contribution in [0.4, 0.5) is 18.9 Å². The van der Waals surface area contributed by atoms with Crippen LogP contribution in [0.2, 0.25) is 5.02 Å². The topological polar surface area (TPSA) is 117 Å². The number of amides is 2. The van der Waals surface area contributed by atoms with E-state index in [1.54, 1.807) is 24.3 Å². The third-order valence-corrected chi connectivity index (χ3v) is 7.03. The highest BCUT2D eigenvalue weighted by molar-refractivity contribution is 7.92. The molecule has 0 fully saturated rings. The summed E-state index contributed by atoms with van der Waals surface area (Å²) in [6.45, 7) is 0.836. The van der Waals surface area contributed by atoms with Gasteiger partial charge in [-0.15, -0.1) is 0 Å². The molecule has 1 atom stereocenters. The molecule has 3 aromatic carbocycles. The standard InChI is InChI=1S/C27H26ClF3N4O5S/c1-18(20-6-4-3-5-7-20)33-26(37)17-40-22-11-8-19(9-12-22)15-32-34-25(36)16-35(41(2,38)39)21-10-13-24(28)23(14-21)27(29,30)31/h3-15,18H,16-17H2,1-2H3,(H,33,37)(H,34,36)/b32-15-/t18-/m0/s1. The maximum atomic E-state index is 13.2. The Morgan fingerprint density at radius 3 is 2.32 bits per heavy atom. The Morgan fingerprint density at radius 1 is 1.05 bits per heavy atom. The monoisotopic (exact) mass is 610 g/mol. The summed E-state index contributed by atoms with van der Waals surface area (Å²) in [6, 6.07) is 18.2. The van der Waals surface area contributed by atoms with Gasteiger partial charge in [0.05, 0.1) is 34.8 Å². The largest absolute Gasteiger partial charge is 0.484 e. The number of sulfonamides is 1. The van der Waals surface area contributed by atoms with Crippen LogP contribution in [-0.4, -0.2) is 45.9 Å². The average Bonchev–Trinajstić information content (AvgIpc) is 2.91. The van der Waals surface area contributed by atoms with Gasteiger partial charge in [0.25, 0.3) is 11.8 Å². The second kappa shape index (κ2) is 13.5. The second-order valence-electron chi connectivity index (χ2n) is 8.78. The van der Waals surface area contributed by atoms with Gasteiger partial charge in [-0.3, -0.25) is 13.9 Å². The van der Waals surface area contributed by atoms with E-state index in [9.17, 15) is 31.2 Å². The highest BCUT2D eigenvalue weighted by Gasteiger charge is 2.34. The minimum Gasteiger partial charge on any atom is -0.484 e. The number of nitrogens with one attached hydrogen (secondary N) is 2. The van der Waals surface area contributed by atoms with Gasteiger partial charge in [-0.25, -0.2) is 13.8 Å². The maximum Gasteiger partial charge on any atom is 0.417 e. The Morgan fingerprint density at radius 2 is 1.71 bits per heavy atom. The van der Waals surface area contributed by atoms with Crippen molar-refractivity contribution in [3.63, 3.8) is 0 Å². The summed E-state index contributed by atoms with van der Waals surface area (Å²) in [5.41, 5.74) is 2.01. The fourth-order valence-corrected chi connectivity index (χ4v) is 4.61. The summed E-state index contributed by atoms with van der Waals surface area (Å²) >= 11 is 5.60. The Kier molecular flexibility index (Phi) is 10.4. The van der Waals surface area contributed by atoms with Crippen LogP contribution in [-0.2, 0) is 25.8 Å². The van der Waals surface area contributed by atoms with Gasteiger partial charge < -0.3 is 10.1 Å². The smallest absolute Gasteiger partial charge is 0.417 e. The summed E-state index contributed by atoms with van der Waals surface area (Å²) in [5, 5.41) is 5.98. The normalized spacial score (nSPS) is 12.5. The van der Waals surface area contributed by atoms with E-state index >= 15 is 0 Å². The minimum absolute atomic E-state index is 0.186. The van der Waals surface area contributed by atoms with Crippen molar-refractivity contribution in [3.8, 4) is 5.75 Å². The van der Waals surface area contributed by atoms with Crippen molar-refractivity contribution in [3.05, 3.63) is 94.5 Å². The molecule has 0 unspecified atom stereocenters. The predicted molar refractivity (Wildman–Crippen MR) is 149 cm³/mol. The Balaban J connectivity index is 1.54. The lowest BCUT2D eigenvalue weighted by atomic mass is 10.1. The van der Waals surface area contributed by atoms with Crippen LogP contribution in [0.15, 0.2) is 77.9 Å². The van der Waals surface area contributed by atoms with Crippen LogP contribution >= 0.6 is 11.6 Å². The van der Waals surface area contributed by atoms with Gasteiger partial charge in [0.1, 0.15) is 12.3 Å². The molecule has 2 amide bonds. The van der Waals surface area contributed by atoms with Crippen molar-refractivity contribution in [1.82, 2.24) is 10.7 Å². The molecule has 0 aliphatic heterocycles. The van der Waals surface area contributed by atoms with E-state index in [1.807, 2.05) is 37.3 Å². The van der Waals surface area contributed by atoms with E-state index in [-0.39, 0.29) is 24.2 Å². The molecule has 0 heterocycles. The predicted octanol–water partition coefficient (Wildman–Crippen LogP) is 4.53. The lowest BCUT2D eigenvalue weighted by Gasteiger charge is -2.22. The zero-order chi connectivity index (χ0) is 30.2. The minimum atomic E-state index is -4.82. The molecule has 0 aromatic heterocycles. The van der Waals surface area contributed by atoms with Gasteiger partial charge in [0.2, 0.25) is 10.0 Å². The van der Waals surface area contributed by atoms with Crippen molar-refractivity contribution >= 4 is 45.3 Å². The van der Waals surface area contributed by atoms with Gasteiger partial charge in [0, 0.05) is 0 Å². The average molecular weight is 611 g/mol. The second-order valence-corrected chi connectivity index (χ2v) is 11.1. The summed E-state index contributed by atoms with van der Waals surface area (Å²) in [6.07, 6.45) is -2.80. The number of anilines is 1. The summed E-state index contributed by atoms with van der Waals surface area (Å²) in [4.78, 5) is 24.5. The van der Waals surface area contributed by atoms with Gasteiger partial charge in [0.15, 0.2) is 6.61 Å². The van der Waals surface area contributed by atoms with Crippen LogP contribution in [0.25, 0.3) is 0 Å². The molecule has 0 radical (unpaired) electrons. The lowest BCUT2D eigenvalue weighted by molar-refractivity contribution is -0.137. The molecule has 0 spiro atoms. The fourth-order valence-electron chi connectivity index (χ4n) is 3.54. The van der Waals surface area contributed by atoms with Crippen molar-refractivity contribution in [1.29, 1.82) is 0 Å². The van der Waals surface area contributed by atoms with Crippen molar-refractivity contribution in [2.75, 3.05) is 23.7 Å². The fraction of sp³-hybridized carbons (Fsp3) is 0.222. The molecule has 0 saturated carbocycles. The van der Waals surface area contributed by atoms with E-state index < -0.39 is 39.2 Å². The van der Waals surface area contributed by atoms with Crippen molar-refractivity contribution in [2.24, 2.45) is 5.10 Å². The molecule has 3 aromatic rings. The summed E-state index contributed by atoms with van der Waals surface area (Å²) in [5.74, 6) is -0.782. The molecule has 0 saturated heterocycles. The Hall–Kier alpha value is -4.10. The molecule has 3 rings (SSSR count). The number of benzene rings is 3. The van der Waals surface area contributed by atoms with Gasteiger partial charge in [-0.1, -0.05) is 41.9 Å². The van der Waals surface area contributed by atoms with Crippen molar-refractivity contribution < 1.29 is 35.9 Å². The van der Waals surface area contributed by atoms with Gasteiger partial charge in [-0.2, -0.15) is 18.3 Å². The first-order valence-electron chi connectivity index (χ1n) is 12.0. The third kappa shape index (κ3) is 9.50. The number of ether oxygens (including phenoxy) is 1. The molecule has 9 nitrogen and oxygen atoms in total. The van der Waals surface area contributed by atoms with Crippen LogP contribution in [0.5, 0.6) is 5.75 Å². The van der Waals surface area contributed by atoms with E-state index in [4.69, 9.17) is 16.3 Å². The Labute approximate surface area is 240 Å². The number of alkyl halides is 3. The van der Waals surface area contributed by atoms with Crippen LogP contribution in [0, 0.1) is 0 Å². The number of hydrogen-bond acceptors (Lipinski definition) is 6. The Bertz CT molecular complexity index is 1500. The third-order valence-electron chi connectivity index (χ3n) is 5.56. The highest BCUT2D eigenvalue weighted by Crippen LogP contribution is 2.37. The number of halogens is 4. The van der Waals surface area contributed by atoms with E-state index in [1.165, 1.54) is 6.21 Å². The molecule has 0 aliphatic rings. The quantitative estimate of drug-likeness (QED) is 0.244. The van der Waals surface area contributed by atoms with Gasteiger partial charge >= 0.3 is 6.18 Å². The van der Waals surface area contributed by atoms with Crippen LogP contribution in [0.1, 0.15) is 29.7 Å². The van der Waals surface area contributed by atoms with E-state index in [0.29, 0.717) is 21.7 Å². The number of carbonyl (C=O) groups is 2. The molecule has 0 bridgehead atoms. The zero-order valence-electron chi connectivity index (χ0n) is 21.9. The zero-order valence-corrected chi connectivity index (χ0v) is 23.4. The number of hydrazone groups is 1. The maximum absolute atomic E-state index is 13.2. The lowest BCUT2D eigenvalue weighted by Crippen LogP contribution is -2.39. The van der Waals surface area contributed by atoms with Gasteiger partial charge in [-0.05, 0) is 60.5 Å². The first kappa shape index (κ1) is 31.4. The molecular weight excluding hydrogens is 585 g/mol. The highest BCUT2D eigenvalue weighted by atomic mass is 35.5. The molecule has 41 heavy (non-hydrogen) atoms. The molecule has 14 heteroatoms. The summed E-state index contributed by atoms with van der Waals surface area (Å²) < 4.78 is 70.0. The van der Waals surface area contributed by atoms with Crippen molar-refractivity contribution in [2.45, 2.75) is 19.1 Å². The molecule has 2 N–H and O–H groups in total. The number of carbonyl (C=O) groups excluding carboxylic acids is 2. The SMILES string of the molecule is C[C@H](NC(=O)COc1ccc(/C=N\NC(=O)CN(c2ccc(Cl)c(C(F)(F)F)c2)S(C)(=O)=O)cc1)c1ccccc1. The summed E-state index contributed by atoms with van der Waals surface area (Å²) in [7, 11) is -4.14. The molecule has 218 valence electrons. The first-order valence-corrected chi connectivity index (χ1v) is 14.2.